The molecular weight excluding hydrogens is 468 g/mol. The van der Waals surface area contributed by atoms with Gasteiger partial charge in [-0.1, -0.05) is 81.4 Å². The highest BCUT2D eigenvalue weighted by atomic mass is 28.4. The van der Waals surface area contributed by atoms with Gasteiger partial charge in [0.1, 0.15) is 12.2 Å². The molecule has 3 rings (SSSR count). The first kappa shape index (κ1) is 27.5. The van der Waals surface area contributed by atoms with E-state index in [1.165, 1.54) is 14.2 Å². The predicted octanol–water partition coefficient (Wildman–Crippen LogP) is 0.950. The number of hydrogen-bond acceptors (Lipinski definition) is 8. The number of methoxy groups -OCH3 is 2. The Balaban J connectivity index is 2.04. The molecule has 1 saturated heterocycles. The summed E-state index contributed by atoms with van der Waals surface area (Å²) in [6.45, 7) is 5.70. The topological polar surface area (TPSA) is 115 Å². The highest BCUT2D eigenvalue weighted by molar-refractivity contribution is 6.99. The van der Waals surface area contributed by atoms with Crippen LogP contribution in [0, 0.1) is 0 Å². The molecule has 0 aromatic heterocycles. The fourth-order valence-electron chi connectivity index (χ4n) is 4.88. The van der Waals surface area contributed by atoms with E-state index in [-0.39, 0.29) is 6.42 Å². The van der Waals surface area contributed by atoms with Crippen LogP contribution in [0.25, 0.3) is 0 Å². The van der Waals surface area contributed by atoms with Crippen LogP contribution in [-0.4, -0.2) is 80.6 Å². The summed E-state index contributed by atoms with van der Waals surface area (Å²) in [6.07, 6.45) is -5.30. The van der Waals surface area contributed by atoms with Gasteiger partial charge in [-0.3, -0.25) is 0 Å². The van der Waals surface area contributed by atoms with Crippen molar-refractivity contribution < 1.29 is 38.8 Å². The minimum atomic E-state index is -3.12. The molecule has 0 spiro atoms. The van der Waals surface area contributed by atoms with Gasteiger partial charge in [0.25, 0.3) is 14.1 Å². The van der Waals surface area contributed by atoms with Crippen molar-refractivity contribution in [2.24, 2.45) is 0 Å². The van der Waals surface area contributed by atoms with E-state index in [9.17, 15) is 20.1 Å². The van der Waals surface area contributed by atoms with E-state index >= 15 is 0 Å². The maximum Gasteiger partial charge on any atom is 0.366 e. The number of aliphatic hydroxyl groups is 3. The Morgan fingerprint density at radius 3 is 2.00 bits per heavy atom. The number of hydrogen-bond donors (Lipinski definition) is 3. The molecule has 35 heavy (non-hydrogen) atoms. The van der Waals surface area contributed by atoms with E-state index in [1.54, 1.807) is 0 Å². The number of carbonyl (C=O) groups is 1. The van der Waals surface area contributed by atoms with Crippen molar-refractivity contribution in [2.75, 3.05) is 20.8 Å². The lowest BCUT2D eigenvalue weighted by molar-refractivity contribution is -0.242. The lowest BCUT2D eigenvalue weighted by Crippen LogP contribution is -2.69. The monoisotopic (exact) mass is 504 g/mol. The second-order valence-electron chi connectivity index (χ2n) is 9.80. The Labute approximate surface area is 207 Å². The molecule has 8 nitrogen and oxygen atoms in total. The zero-order valence-electron chi connectivity index (χ0n) is 20.9. The molecule has 0 aliphatic carbocycles. The summed E-state index contributed by atoms with van der Waals surface area (Å²) in [4.78, 5) is 12.3. The molecule has 2 aromatic carbocycles. The van der Waals surface area contributed by atoms with Gasteiger partial charge < -0.3 is 34.0 Å². The van der Waals surface area contributed by atoms with Crippen LogP contribution < -0.4 is 10.4 Å². The van der Waals surface area contributed by atoms with Crippen molar-refractivity contribution in [3.8, 4) is 0 Å². The van der Waals surface area contributed by atoms with Crippen LogP contribution in [0.1, 0.15) is 27.2 Å². The average molecular weight is 505 g/mol. The summed E-state index contributed by atoms with van der Waals surface area (Å²) in [7, 11) is -0.671. The Morgan fingerprint density at radius 2 is 1.60 bits per heavy atom. The highest BCUT2D eigenvalue weighted by Gasteiger charge is 2.58. The van der Waals surface area contributed by atoms with Gasteiger partial charge >= 0.3 is 5.97 Å². The Bertz CT molecular complexity index is 925. The molecule has 9 heteroatoms. The highest BCUT2D eigenvalue weighted by Crippen LogP contribution is 2.40. The van der Waals surface area contributed by atoms with Crippen LogP contribution in [0.2, 0.25) is 5.04 Å². The summed E-state index contributed by atoms with van der Waals surface area (Å²) >= 11 is 0. The second kappa shape index (κ2) is 10.9. The Hall–Kier alpha value is -2.11. The molecule has 192 valence electrons. The van der Waals surface area contributed by atoms with Gasteiger partial charge in [-0.2, -0.15) is 0 Å². The minimum Gasteiger partial charge on any atom is -0.465 e. The van der Waals surface area contributed by atoms with Crippen molar-refractivity contribution in [3.63, 3.8) is 0 Å². The zero-order valence-corrected chi connectivity index (χ0v) is 21.9. The van der Waals surface area contributed by atoms with Gasteiger partial charge in [0, 0.05) is 13.5 Å². The third kappa shape index (κ3) is 5.08. The molecule has 0 saturated carbocycles. The molecule has 1 fully saturated rings. The van der Waals surface area contributed by atoms with Crippen LogP contribution >= 0.6 is 0 Å². The summed E-state index contributed by atoms with van der Waals surface area (Å²) in [5, 5.41) is 34.0. The number of benzene rings is 2. The summed E-state index contributed by atoms with van der Waals surface area (Å²) in [6, 6.07) is 19.6. The molecule has 0 radical (unpaired) electrons. The molecule has 0 amide bonds. The third-order valence-electron chi connectivity index (χ3n) is 6.65. The molecule has 1 heterocycles. The van der Waals surface area contributed by atoms with Gasteiger partial charge in [-0.15, -0.1) is 0 Å². The van der Waals surface area contributed by atoms with Crippen molar-refractivity contribution >= 4 is 24.7 Å². The number of ether oxygens (including phenoxy) is 3. The Kier molecular flexibility index (Phi) is 8.54. The number of rotatable bonds is 9. The van der Waals surface area contributed by atoms with Crippen LogP contribution in [0.3, 0.4) is 0 Å². The Morgan fingerprint density at radius 1 is 1.09 bits per heavy atom. The van der Waals surface area contributed by atoms with Gasteiger partial charge in [-0.05, 0) is 15.4 Å². The first-order valence-electron chi connectivity index (χ1n) is 11.6. The lowest BCUT2D eigenvalue weighted by atomic mass is 10.0. The van der Waals surface area contributed by atoms with Crippen LogP contribution in [-0.2, 0) is 23.4 Å². The van der Waals surface area contributed by atoms with Crippen molar-refractivity contribution in [1.82, 2.24) is 0 Å². The number of carbonyl (C=O) groups excluding carboxylic acids is 1. The zero-order chi connectivity index (χ0) is 25.9. The van der Waals surface area contributed by atoms with Crippen molar-refractivity contribution in [3.05, 3.63) is 60.7 Å². The van der Waals surface area contributed by atoms with Crippen LogP contribution in [0.15, 0.2) is 60.7 Å². The normalized spacial score (nSPS) is 24.7. The molecule has 3 N–H and O–H groups in total. The molecular formula is C26H36O8Si. The van der Waals surface area contributed by atoms with E-state index in [0.717, 1.165) is 10.4 Å². The molecule has 1 aliphatic rings. The average Bonchev–Trinajstić information content (AvgIpc) is 3.22. The fourth-order valence-corrected chi connectivity index (χ4v) is 9.56. The summed E-state index contributed by atoms with van der Waals surface area (Å²) < 4.78 is 22.6. The van der Waals surface area contributed by atoms with Gasteiger partial charge in [0.15, 0.2) is 0 Å². The van der Waals surface area contributed by atoms with Gasteiger partial charge in [0.2, 0.25) is 0 Å². The SMILES string of the molecule is COC(=O)C1(OC)CC(O)C([C@H](O)[C@@H](CO)O[Si](c2ccccc2)(c2ccccc2)C(C)(C)C)O1. The number of aliphatic hydroxyl groups excluding tert-OH is 3. The standard InChI is InChI=1S/C26H36O8Si/c1-25(2,3)35(18-12-8-6-9-13-18,19-14-10-7-11-15-19)34-21(17-27)22(29)23-20(28)16-26(32-5,33-23)24(30)31-4/h6-15,20-23,27-29H,16-17H2,1-5H3/t20?,21-,22-,23?,26?/m1/s1. The van der Waals surface area contributed by atoms with E-state index in [0.29, 0.717) is 0 Å². The lowest BCUT2D eigenvalue weighted by Gasteiger charge is -2.46. The maximum atomic E-state index is 12.3. The largest absolute Gasteiger partial charge is 0.465 e. The van der Waals surface area contributed by atoms with Crippen LogP contribution in [0.4, 0.5) is 0 Å². The first-order valence-corrected chi connectivity index (χ1v) is 13.5. The maximum absolute atomic E-state index is 12.3. The van der Waals surface area contributed by atoms with E-state index in [4.69, 9.17) is 18.6 Å². The number of esters is 1. The van der Waals surface area contributed by atoms with E-state index < -0.39 is 56.1 Å². The molecule has 5 atom stereocenters. The summed E-state index contributed by atoms with van der Waals surface area (Å²) in [5.74, 6) is -2.67. The van der Waals surface area contributed by atoms with E-state index in [2.05, 4.69) is 20.8 Å². The minimum absolute atomic E-state index is 0.227. The van der Waals surface area contributed by atoms with E-state index in [1.807, 2.05) is 60.7 Å². The summed E-state index contributed by atoms with van der Waals surface area (Å²) in [5.41, 5.74) is 0. The fraction of sp³-hybridized carbons (Fsp3) is 0.500. The third-order valence-corrected chi connectivity index (χ3v) is 11.7. The van der Waals surface area contributed by atoms with Gasteiger partial charge in [0.05, 0.1) is 25.9 Å². The molecule has 2 aromatic rings. The van der Waals surface area contributed by atoms with Crippen molar-refractivity contribution in [1.29, 1.82) is 0 Å². The predicted molar refractivity (Wildman–Crippen MR) is 133 cm³/mol. The van der Waals surface area contributed by atoms with Gasteiger partial charge in [-0.25, -0.2) is 4.79 Å². The molecule has 3 unspecified atom stereocenters. The quantitative estimate of drug-likeness (QED) is 0.342. The van der Waals surface area contributed by atoms with Crippen molar-refractivity contribution in [2.45, 2.75) is 62.4 Å². The molecule has 1 aliphatic heterocycles. The van der Waals surface area contributed by atoms with Crippen LogP contribution in [0.5, 0.6) is 0 Å². The second-order valence-corrected chi connectivity index (χ2v) is 14.0. The first-order chi connectivity index (χ1) is 16.6. The smallest absolute Gasteiger partial charge is 0.366 e. The molecule has 0 bridgehead atoms.